The van der Waals surface area contributed by atoms with Gasteiger partial charge in [-0.05, 0) is 65.4 Å². The van der Waals surface area contributed by atoms with Crippen LogP contribution in [-0.4, -0.2) is 28.5 Å². The van der Waals surface area contributed by atoms with E-state index in [4.69, 9.17) is 23.2 Å². The van der Waals surface area contributed by atoms with Crippen molar-refractivity contribution in [3.63, 3.8) is 0 Å². The van der Waals surface area contributed by atoms with E-state index >= 15 is 0 Å². The Bertz CT molecular complexity index is 2150. The first-order valence-electron chi connectivity index (χ1n) is 14.6. The van der Waals surface area contributed by atoms with Gasteiger partial charge >= 0.3 is 0 Å². The van der Waals surface area contributed by atoms with Crippen molar-refractivity contribution in [2.24, 2.45) is 0 Å². The van der Waals surface area contributed by atoms with E-state index in [1.165, 1.54) is 29.2 Å². The monoisotopic (exact) mass is 708 g/mol. The molecule has 1 heterocycles. The van der Waals surface area contributed by atoms with Gasteiger partial charge in [0.05, 0.1) is 11.4 Å². The molecule has 238 valence electrons. The Morgan fingerprint density at radius 3 is 2.29 bits per heavy atom. The van der Waals surface area contributed by atoms with Crippen LogP contribution >= 0.6 is 46.3 Å². The third-order valence-corrected chi connectivity index (χ3v) is 9.49. The molecule has 0 aliphatic rings. The molecule has 0 radical (unpaired) electrons. The van der Waals surface area contributed by atoms with Crippen LogP contribution < -0.4 is 16.0 Å². The lowest BCUT2D eigenvalue weighted by Gasteiger charge is -2.13. The normalized spacial score (nSPS) is 11.2. The second kappa shape index (κ2) is 15.3. The number of thioether (sulfide) groups is 1. The Hall–Kier alpha value is -4.93. The number of rotatable bonds is 10. The number of amides is 3. The minimum Gasteiger partial charge on any atom is -0.321 e. The van der Waals surface area contributed by atoms with Crippen molar-refractivity contribution in [1.29, 1.82) is 0 Å². The third kappa shape index (κ3) is 8.31. The van der Waals surface area contributed by atoms with Crippen molar-refractivity contribution in [2.45, 2.75) is 4.90 Å². The Labute approximate surface area is 295 Å². The summed E-state index contributed by atoms with van der Waals surface area (Å²) < 4.78 is 0. The zero-order valence-electron chi connectivity index (χ0n) is 25.1. The zero-order valence-corrected chi connectivity index (χ0v) is 28.2. The Morgan fingerprint density at radius 1 is 0.771 bits per heavy atom. The minimum absolute atomic E-state index is 0.0530. The number of thiazole rings is 1. The second-order valence-electron chi connectivity index (χ2n) is 10.4. The molecular formula is C37H26Cl2N4O3S2. The highest BCUT2D eigenvalue weighted by Gasteiger charge is 2.17. The summed E-state index contributed by atoms with van der Waals surface area (Å²) in [5, 5.41) is 13.7. The maximum atomic E-state index is 13.5. The lowest BCUT2D eigenvalue weighted by Crippen LogP contribution is -2.30. The molecule has 0 bridgehead atoms. The molecule has 0 saturated heterocycles. The van der Waals surface area contributed by atoms with Gasteiger partial charge in [0.1, 0.15) is 5.70 Å². The van der Waals surface area contributed by atoms with Crippen molar-refractivity contribution < 1.29 is 14.4 Å². The molecule has 0 aliphatic heterocycles. The quantitative estimate of drug-likeness (QED) is 0.0973. The minimum atomic E-state index is -0.582. The fourth-order valence-corrected chi connectivity index (χ4v) is 6.71. The van der Waals surface area contributed by atoms with Gasteiger partial charge in [-0.25, -0.2) is 4.98 Å². The van der Waals surface area contributed by atoms with E-state index in [2.05, 4.69) is 45.2 Å². The van der Waals surface area contributed by atoms with Gasteiger partial charge in [-0.15, -0.1) is 23.1 Å². The van der Waals surface area contributed by atoms with Crippen molar-refractivity contribution in [3.05, 3.63) is 148 Å². The van der Waals surface area contributed by atoms with Crippen molar-refractivity contribution in [1.82, 2.24) is 10.3 Å². The summed E-state index contributed by atoms with van der Waals surface area (Å²) in [7, 11) is 0. The van der Waals surface area contributed by atoms with E-state index in [1.807, 2.05) is 29.6 Å². The number of aromatic nitrogens is 1. The van der Waals surface area contributed by atoms with E-state index in [-0.39, 0.29) is 17.4 Å². The maximum Gasteiger partial charge on any atom is 0.272 e. The molecule has 0 atom stereocenters. The van der Waals surface area contributed by atoms with Crippen LogP contribution in [0.2, 0.25) is 10.0 Å². The van der Waals surface area contributed by atoms with Crippen LogP contribution in [0, 0.1) is 0 Å². The van der Waals surface area contributed by atoms with Gasteiger partial charge in [0.25, 0.3) is 11.8 Å². The molecule has 5 aromatic carbocycles. The van der Waals surface area contributed by atoms with Crippen LogP contribution in [0.4, 0.5) is 10.8 Å². The second-order valence-corrected chi connectivity index (χ2v) is 13.2. The summed E-state index contributed by atoms with van der Waals surface area (Å²) in [5.74, 6) is -1.13. The number of fused-ring (bicyclic) bond motifs is 1. The fourth-order valence-electron chi connectivity index (χ4n) is 4.71. The number of hydrogen-bond acceptors (Lipinski definition) is 6. The summed E-state index contributed by atoms with van der Waals surface area (Å²) in [5.41, 5.74) is 2.95. The summed E-state index contributed by atoms with van der Waals surface area (Å²) >= 11 is 15.4. The van der Waals surface area contributed by atoms with Gasteiger partial charge in [-0.2, -0.15) is 0 Å². The van der Waals surface area contributed by atoms with Crippen LogP contribution in [0.25, 0.3) is 28.1 Å². The molecule has 0 fully saturated rings. The fraction of sp³-hybridized carbons (Fsp3) is 0.0270. The smallest absolute Gasteiger partial charge is 0.272 e. The van der Waals surface area contributed by atoms with Gasteiger partial charge in [-0.3, -0.25) is 14.4 Å². The predicted octanol–water partition coefficient (Wildman–Crippen LogP) is 9.41. The van der Waals surface area contributed by atoms with E-state index < -0.39 is 11.8 Å². The largest absolute Gasteiger partial charge is 0.321 e. The number of benzene rings is 5. The standard InChI is InChI=1S/C37H26Cl2N4O3S2/c38-30-14-7-15-31(39)29(30)20-32(41-35(45)24-9-2-1-3-10-24)36(46)40-27-12-6-13-28(19-27)47-22-34(44)43-37-42-33(21-48-37)26-17-16-23-8-4-5-11-25(23)18-26/h1-21H,22H2,(H,40,46)(H,41,45)(H,42,43,44)/b32-20+. The molecule has 6 aromatic rings. The molecule has 3 amide bonds. The number of anilines is 2. The average Bonchev–Trinajstić information content (AvgIpc) is 3.57. The number of halogens is 2. The molecule has 6 rings (SSSR count). The number of nitrogens with one attached hydrogen (secondary N) is 3. The van der Waals surface area contributed by atoms with Gasteiger partial charge in [0.15, 0.2) is 5.13 Å². The molecule has 7 nitrogen and oxygen atoms in total. The van der Waals surface area contributed by atoms with Crippen molar-refractivity contribution in [2.75, 3.05) is 16.4 Å². The van der Waals surface area contributed by atoms with Crippen LogP contribution in [0.5, 0.6) is 0 Å². The molecular weight excluding hydrogens is 683 g/mol. The highest BCUT2D eigenvalue weighted by molar-refractivity contribution is 8.00. The third-order valence-electron chi connectivity index (χ3n) is 7.07. The Morgan fingerprint density at radius 2 is 1.50 bits per heavy atom. The molecule has 3 N–H and O–H groups in total. The van der Waals surface area contributed by atoms with Crippen LogP contribution in [0.1, 0.15) is 15.9 Å². The van der Waals surface area contributed by atoms with Gasteiger partial charge < -0.3 is 16.0 Å². The topological polar surface area (TPSA) is 100 Å². The first-order valence-corrected chi connectivity index (χ1v) is 17.3. The van der Waals surface area contributed by atoms with Gasteiger partial charge in [-0.1, -0.05) is 89.9 Å². The first-order chi connectivity index (χ1) is 23.3. The molecule has 11 heteroatoms. The Balaban J connectivity index is 1.10. The molecule has 0 spiro atoms. The summed E-state index contributed by atoms with van der Waals surface area (Å²) in [6, 6.07) is 34.9. The molecule has 0 aliphatic carbocycles. The van der Waals surface area contributed by atoms with Gasteiger partial charge in [0.2, 0.25) is 5.91 Å². The number of nitrogens with zero attached hydrogens (tertiary/aromatic N) is 1. The van der Waals surface area contributed by atoms with E-state index in [0.29, 0.717) is 32.0 Å². The maximum absolute atomic E-state index is 13.5. The zero-order chi connectivity index (χ0) is 33.5. The Kier molecular flexibility index (Phi) is 10.5. The summed E-state index contributed by atoms with van der Waals surface area (Å²) in [4.78, 5) is 44.6. The van der Waals surface area contributed by atoms with E-state index in [0.717, 1.165) is 26.9 Å². The summed E-state index contributed by atoms with van der Waals surface area (Å²) in [6.45, 7) is 0. The lowest BCUT2D eigenvalue weighted by atomic mass is 10.1. The highest BCUT2D eigenvalue weighted by atomic mass is 35.5. The predicted molar refractivity (Wildman–Crippen MR) is 198 cm³/mol. The number of carbonyl (C=O) groups is 3. The molecule has 1 aromatic heterocycles. The van der Waals surface area contributed by atoms with E-state index in [1.54, 1.807) is 66.7 Å². The molecule has 0 saturated carbocycles. The van der Waals surface area contributed by atoms with Crippen LogP contribution in [-0.2, 0) is 9.59 Å². The van der Waals surface area contributed by atoms with Gasteiger partial charge in [0, 0.05) is 42.7 Å². The van der Waals surface area contributed by atoms with Crippen molar-refractivity contribution >= 4 is 91.7 Å². The average molecular weight is 710 g/mol. The van der Waals surface area contributed by atoms with E-state index in [9.17, 15) is 14.4 Å². The van der Waals surface area contributed by atoms with Crippen molar-refractivity contribution in [3.8, 4) is 11.3 Å². The van der Waals surface area contributed by atoms with Crippen LogP contribution in [0.15, 0.2) is 131 Å². The molecule has 48 heavy (non-hydrogen) atoms. The summed E-state index contributed by atoms with van der Waals surface area (Å²) in [6.07, 6.45) is 1.44. The number of hydrogen-bond donors (Lipinski definition) is 3. The lowest BCUT2D eigenvalue weighted by molar-refractivity contribution is -0.114. The number of carbonyl (C=O) groups excluding carboxylic acids is 3. The molecule has 0 unspecified atom stereocenters. The van der Waals surface area contributed by atoms with Crippen LogP contribution in [0.3, 0.4) is 0 Å². The highest BCUT2D eigenvalue weighted by Crippen LogP contribution is 2.29. The SMILES string of the molecule is O=C(CSc1cccc(NC(=O)/C(=C\c2c(Cl)cccc2Cl)NC(=O)c2ccccc2)c1)Nc1nc(-c2ccc3ccccc3c2)cs1. The first kappa shape index (κ1) is 33.0.